The standard InChI is InChI=1S/C11H16ClN3O2/c1-15(4-3-5-17-2)11(16)8-6-10(13)14-7-9(8)12/h6-7H,3-5H2,1-2H3,(H2,13,14). The highest BCUT2D eigenvalue weighted by Gasteiger charge is 2.15. The maximum Gasteiger partial charge on any atom is 0.255 e. The van der Waals surface area contributed by atoms with E-state index in [1.54, 1.807) is 19.1 Å². The maximum absolute atomic E-state index is 12.0. The highest BCUT2D eigenvalue weighted by atomic mass is 35.5. The zero-order valence-electron chi connectivity index (χ0n) is 9.94. The Bertz CT molecular complexity index is 398. The van der Waals surface area contributed by atoms with Gasteiger partial charge in [-0.2, -0.15) is 0 Å². The van der Waals surface area contributed by atoms with Gasteiger partial charge >= 0.3 is 0 Å². The van der Waals surface area contributed by atoms with Crippen molar-refractivity contribution in [3.8, 4) is 0 Å². The molecule has 94 valence electrons. The number of ether oxygens (including phenoxy) is 1. The molecule has 0 spiro atoms. The van der Waals surface area contributed by atoms with E-state index in [2.05, 4.69) is 4.98 Å². The molecule has 1 aromatic rings. The third-order valence-electron chi connectivity index (χ3n) is 2.30. The first-order valence-electron chi connectivity index (χ1n) is 5.21. The van der Waals surface area contributed by atoms with Crippen LogP contribution in [0.5, 0.6) is 0 Å². The number of anilines is 1. The number of pyridine rings is 1. The third kappa shape index (κ3) is 3.87. The van der Waals surface area contributed by atoms with Crippen molar-refractivity contribution in [3.05, 3.63) is 22.8 Å². The van der Waals surface area contributed by atoms with E-state index >= 15 is 0 Å². The maximum atomic E-state index is 12.0. The molecule has 0 unspecified atom stereocenters. The van der Waals surface area contributed by atoms with Crippen molar-refractivity contribution < 1.29 is 9.53 Å². The number of methoxy groups -OCH3 is 1. The average molecular weight is 258 g/mol. The SMILES string of the molecule is COCCCN(C)C(=O)c1cc(N)ncc1Cl. The Morgan fingerprint density at radius 1 is 1.65 bits per heavy atom. The monoisotopic (exact) mass is 257 g/mol. The van der Waals surface area contributed by atoms with Crippen LogP contribution in [0, 0.1) is 0 Å². The molecule has 2 N–H and O–H groups in total. The second-order valence-corrected chi connectivity index (χ2v) is 4.07. The number of carbonyl (C=O) groups is 1. The first kappa shape index (κ1) is 13.7. The number of nitrogens with two attached hydrogens (primary N) is 1. The largest absolute Gasteiger partial charge is 0.385 e. The smallest absolute Gasteiger partial charge is 0.255 e. The third-order valence-corrected chi connectivity index (χ3v) is 2.60. The van der Waals surface area contributed by atoms with Gasteiger partial charge in [-0.15, -0.1) is 0 Å². The molecule has 0 fully saturated rings. The molecule has 0 aliphatic carbocycles. The van der Waals surface area contributed by atoms with Gasteiger partial charge in [0.1, 0.15) is 5.82 Å². The number of amides is 1. The number of aromatic nitrogens is 1. The Labute approximate surface area is 106 Å². The number of rotatable bonds is 5. The van der Waals surface area contributed by atoms with E-state index in [9.17, 15) is 4.79 Å². The Balaban J connectivity index is 2.71. The molecule has 0 saturated heterocycles. The summed E-state index contributed by atoms with van der Waals surface area (Å²) >= 11 is 5.91. The van der Waals surface area contributed by atoms with Gasteiger partial charge < -0.3 is 15.4 Å². The number of nitrogens with zero attached hydrogens (tertiary/aromatic N) is 2. The van der Waals surface area contributed by atoms with Crippen LogP contribution in [0.4, 0.5) is 5.82 Å². The molecule has 17 heavy (non-hydrogen) atoms. The summed E-state index contributed by atoms with van der Waals surface area (Å²) in [5, 5.41) is 0.308. The van der Waals surface area contributed by atoms with Crippen molar-refractivity contribution >= 4 is 23.3 Å². The Morgan fingerprint density at radius 3 is 3.00 bits per heavy atom. The summed E-state index contributed by atoms with van der Waals surface area (Å²) in [4.78, 5) is 17.4. The summed E-state index contributed by atoms with van der Waals surface area (Å²) in [6.07, 6.45) is 2.16. The van der Waals surface area contributed by atoms with E-state index in [1.165, 1.54) is 12.3 Å². The van der Waals surface area contributed by atoms with Crippen LogP contribution in [0.15, 0.2) is 12.3 Å². The first-order valence-corrected chi connectivity index (χ1v) is 5.59. The molecule has 1 rings (SSSR count). The predicted octanol–water partition coefficient (Wildman–Crippen LogP) is 1.43. The van der Waals surface area contributed by atoms with Crippen LogP contribution >= 0.6 is 11.6 Å². The van der Waals surface area contributed by atoms with E-state index in [-0.39, 0.29) is 11.7 Å². The average Bonchev–Trinajstić information content (AvgIpc) is 2.31. The highest BCUT2D eigenvalue weighted by molar-refractivity contribution is 6.33. The van der Waals surface area contributed by atoms with E-state index in [4.69, 9.17) is 22.1 Å². The Morgan fingerprint density at radius 2 is 2.35 bits per heavy atom. The van der Waals surface area contributed by atoms with Crippen LogP contribution in [0.25, 0.3) is 0 Å². The van der Waals surface area contributed by atoms with E-state index in [1.807, 2.05) is 0 Å². The number of carbonyl (C=O) groups excluding carboxylic acids is 1. The van der Waals surface area contributed by atoms with Crippen molar-refractivity contribution in [3.63, 3.8) is 0 Å². The van der Waals surface area contributed by atoms with Gasteiger partial charge in [-0.3, -0.25) is 4.79 Å². The van der Waals surface area contributed by atoms with Gasteiger partial charge in [-0.05, 0) is 12.5 Å². The highest BCUT2D eigenvalue weighted by Crippen LogP contribution is 2.18. The molecule has 0 atom stereocenters. The molecule has 1 aromatic heterocycles. The van der Waals surface area contributed by atoms with Gasteiger partial charge in [-0.1, -0.05) is 11.6 Å². The normalized spacial score (nSPS) is 10.3. The van der Waals surface area contributed by atoms with Gasteiger partial charge in [0.15, 0.2) is 0 Å². The van der Waals surface area contributed by atoms with Crippen LogP contribution in [0.3, 0.4) is 0 Å². The lowest BCUT2D eigenvalue weighted by Crippen LogP contribution is -2.28. The summed E-state index contributed by atoms with van der Waals surface area (Å²) in [5.41, 5.74) is 5.90. The summed E-state index contributed by atoms with van der Waals surface area (Å²) in [5.74, 6) is 0.114. The summed E-state index contributed by atoms with van der Waals surface area (Å²) < 4.78 is 4.93. The van der Waals surface area contributed by atoms with Gasteiger partial charge in [0, 0.05) is 33.5 Å². The lowest BCUT2D eigenvalue weighted by Gasteiger charge is -2.17. The second kappa shape index (κ2) is 6.42. The molecule has 0 aliphatic rings. The first-order chi connectivity index (χ1) is 8.06. The summed E-state index contributed by atoms with van der Waals surface area (Å²) in [6.45, 7) is 1.22. The molecule has 0 bridgehead atoms. The Hall–Kier alpha value is -1.33. The molecule has 0 aliphatic heterocycles. The van der Waals surface area contributed by atoms with E-state index in [0.717, 1.165) is 6.42 Å². The van der Waals surface area contributed by atoms with Crippen LogP contribution in [0.2, 0.25) is 5.02 Å². The van der Waals surface area contributed by atoms with Crippen molar-refractivity contribution in [1.82, 2.24) is 9.88 Å². The topological polar surface area (TPSA) is 68.5 Å². The zero-order valence-corrected chi connectivity index (χ0v) is 10.7. The number of hydrogen-bond donors (Lipinski definition) is 1. The summed E-state index contributed by atoms with van der Waals surface area (Å²) in [6, 6.07) is 1.48. The fourth-order valence-electron chi connectivity index (χ4n) is 1.37. The van der Waals surface area contributed by atoms with Crippen LogP contribution in [-0.4, -0.2) is 43.1 Å². The van der Waals surface area contributed by atoms with E-state index in [0.29, 0.717) is 23.7 Å². The molecular weight excluding hydrogens is 242 g/mol. The lowest BCUT2D eigenvalue weighted by molar-refractivity contribution is 0.0779. The van der Waals surface area contributed by atoms with Crippen molar-refractivity contribution in [2.45, 2.75) is 6.42 Å². The fourth-order valence-corrected chi connectivity index (χ4v) is 1.56. The molecule has 6 heteroatoms. The van der Waals surface area contributed by atoms with Crippen molar-refractivity contribution in [2.75, 3.05) is 33.0 Å². The molecule has 0 aromatic carbocycles. The number of halogens is 1. The minimum atomic E-state index is -0.166. The van der Waals surface area contributed by atoms with Gasteiger partial charge in [0.25, 0.3) is 5.91 Å². The minimum absolute atomic E-state index is 0.166. The van der Waals surface area contributed by atoms with Crippen molar-refractivity contribution in [1.29, 1.82) is 0 Å². The van der Waals surface area contributed by atoms with Gasteiger partial charge in [0.05, 0.1) is 10.6 Å². The number of nitrogen functional groups attached to an aromatic ring is 1. The van der Waals surface area contributed by atoms with Crippen LogP contribution in [-0.2, 0) is 4.74 Å². The summed E-state index contributed by atoms with van der Waals surface area (Å²) in [7, 11) is 3.34. The fraction of sp³-hybridized carbons (Fsp3) is 0.455. The minimum Gasteiger partial charge on any atom is -0.385 e. The number of hydrogen-bond acceptors (Lipinski definition) is 4. The van der Waals surface area contributed by atoms with Crippen LogP contribution in [0.1, 0.15) is 16.8 Å². The van der Waals surface area contributed by atoms with Crippen LogP contribution < -0.4 is 5.73 Å². The molecule has 5 nitrogen and oxygen atoms in total. The molecule has 0 saturated carbocycles. The zero-order chi connectivity index (χ0) is 12.8. The predicted molar refractivity (Wildman–Crippen MR) is 67.1 cm³/mol. The van der Waals surface area contributed by atoms with Crippen molar-refractivity contribution in [2.24, 2.45) is 0 Å². The Kier molecular flexibility index (Phi) is 5.18. The molecule has 1 amide bonds. The quantitative estimate of drug-likeness (QED) is 0.810. The molecular formula is C11H16ClN3O2. The van der Waals surface area contributed by atoms with Gasteiger partial charge in [-0.25, -0.2) is 4.98 Å². The molecule has 0 radical (unpaired) electrons. The molecule has 1 heterocycles. The van der Waals surface area contributed by atoms with E-state index < -0.39 is 0 Å². The second-order valence-electron chi connectivity index (χ2n) is 3.66. The lowest BCUT2D eigenvalue weighted by atomic mass is 10.2. The van der Waals surface area contributed by atoms with Gasteiger partial charge in [0.2, 0.25) is 0 Å².